The van der Waals surface area contributed by atoms with Crippen molar-refractivity contribution in [3.8, 4) is 0 Å². The van der Waals surface area contributed by atoms with E-state index < -0.39 is 0 Å². The lowest BCUT2D eigenvalue weighted by atomic mass is 10.2. The molecule has 0 unspecified atom stereocenters. The number of fused-ring (bicyclic) bond motifs is 1. The van der Waals surface area contributed by atoms with Gasteiger partial charge in [0, 0.05) is 44.1 Å². The molecule has 3 heterocycles. The van der Waals surface area contributed by atoms with Crippen LogP contribution in [0.1, 0.15) is 52.2 Å². The monoisotopic (exact) mass is 411 g/mol. The van der Waals surface area contributed by atoms with E-state index in [-0.39, 0.29) is 24.2 Å². The van der Waals surface area contributed by atoms with E-state index in [2.05, 4.69) is 11.0 Å². The molecule has 0 bridgehead atoms. The van der Waals surface area contributed by atoms with E-state index in [4.69, 9.17) is 0 Å². The van der Waals surface area contributed by atoms with Gasteiger partial charge >= 0.3 is 0 Å². The first kappa shape index (κ1) is 20.6. The van der Waals surface area contributed by atoms with Gasteiger partial charge in [-0.3, -0.25) is 14.5 Å². The van der Waals surface area contributed by atoms with Crippen molar-refractivity contribution in [3.05, 3.63) is 21.4 Å². The van der Waals surface area contributed by atoms with Crippen LogP contribution in [0.5, 0.6) is 0 Å². The molecule has 1 aromatic heterocycles. The number of carbonyl (C=O) groups is 2. The highest BCUT2D eigenvalue weighted by molar-refractivity contribution is 7.14. The molecule has 0 atom stereocenters. The third kappa shape index (κ3) is 4.84. The number of likely N-dealkylation sites (tertiary alicyclic amines) is 1. The summed E-state index contributed by atoms with van der Waals surface area (Å²) in [5, 5.41) is 0. The van der Waals surface area contributed by atoms with E-state index in [0.29, 0.717) is 6.54 Å². The van der Waals surface area contributed by atoms with Crippen molar-refractivity contribution >= 4 is 35.6 Å². The summed E-state index contributed by atoms with van der Waals surface area (Å²) in [5.41, 5.74) is 1.39. The maximum absolute atomic E-state index is 12.8. The molecule has 2 saturated heterocycles. The topological polar surface area (TPSA) is 43.9 Å². The standard InChI is InChI=1S/C20H29N3O2S.ClH/c24-19(22-8-3-1-2-4-9-22)15-21-10-12-23(13-11-21)20(25)18-14-16-6-5-7-17(16)26-18;/h14H,1-13,15H2;1H. The molecular formula is C20H30ClN3O2S. The summed E-state index contributed by atoms with van der Waals surface area (Å²) < 4.78 is 0. The molecule has 1 aromatic rings. The highest BCUT2D eigenvalue weighted by Crippen LogP contribution is 2.31. The number of amides is 2. The quantitative estimate of drug-likeness (QED) is 0.768. The second-order valence-corrected chi connectivity index (χ2v) is 8.91. The van der Waals surface area contributed by atoms with Crippen LogP contribution < -0.4 is 0 Å². The van der Waals surface area contributed by atoms with Gasteiger partial charge in [-0.05, 0) is 43.7 Å². The number of aryl methyl sites for hydroxylation is 2. The van der Waals surface area contributed by atoms with Crippen LogP contribution in [0.3, 0.4) is 0 Å². The van der Waals surface area contributed by atoms with Crippen LogP contribution in [0.15, 0.2) is 6.07 Å². The van der Waals surface area contributed by atoms with E-state index in [1.54, 1.807) is 11.3 Å². The fourth-order valence-electron chi connectivity index (χ4n) is 4.31. The Morgan fingerprint density at radius 1 is 0.852 bits per heavy atom. The van der Waals surface area contributed by atoms with Gasteiger partial charge < -0.3 is 9.80 Å². The molecule has 2 amide bonds. The Bertz CT molecular complexity index is 641. The SMILES string of the molecule is Cl.O=C(CN1CCN(C(=O)c2cc3c(s2)CCC3)CC1)N1CCCCCC1. The van der Waals surface area contributed by atoms with Gasteiger partial charge in [-0.1, -0.05) is 12.8 Å². The number of rotatable bonds is 3. The highest BCUT2D eigenvalue weighted by Gasteiger charge is 2.27. The number of hydrogen-bond donors (Lipinski definition) is 0. The van der Waals surface area contributed by atoms with Crippen LogP contribution >= 0.6 is 23.7 Å². The molecular weight excluding hydrogens is 382 g/mol. The zero-order valence-corrected chi connectivity index (χ0v) is 17.6. The van der Waals surface area contributed by atoms with Gasteiger partial charge in [-0.2, -0.15) is 0 Å². The molecule has 27 heavy (non-hydrogen) atoms. The molecule has 0 spiro atoms. The van der Waals surface area contributed by atoms with Crippen LogP contribution in [0.4, 0.5) is 0 Å². The number of hydrogen-bond acceptors (Lipinski definition) is 4. The molecule has 4 rings (SSSR count). The summed E-state index contributed by atoms with van der Waals surface area (Å²) in [6.07, 6.45) is 8.27. The fourth-order valence-corrected chi connectivity index (χ4v) is 5.53. The van der Waals surface area contributed by atoms with Crippen molar-refractivity contribution in [2.45, 2.75) is 44.9 Å². The Morgan fingerprint density at radius 3 is 2.22 bits per heavy atom. The Balaban J connectivity index is 0.00000210. The molecule has 0 N–H and O–H groups in total. The van der Waals surface area contributed by atoms with Crippen LogP contribution in [0, 0.1) is 0 Å². The van der Waals surface area contributed by atoms with Gasteiger partial charge in [0.1, 0.15) is 0 Å². The van der Waals surface area contributed by atoms with Crippen molar-refractivity contribution < 1.29 is 9.59 Å². The summed E-state index contributed by atoms with van der Waals surface area (Å²) in [7, 11) is 0. The van der Waals surface area contributed by atoms with Crippen molar-refractivity contribution in [1.82, 2.24) is 14.7 Å². The van der Waals surface area contributed by atoms with Crippen molar-refractivity contribution in [2.75, 3.05) is 45.8 Å². The van der Waals surface area contributed by atoms with Crippen molar-refractivity contribution in [1.29, 1.82) is 0 Å². The maximum atomic E-state index is 12.8. The Kier molecular flexibility index (Phi) is 7.17. The van der Waals surface area contributed by atoms with Gasteiger partial charge in [-0.15, -0.1) is 23.7 Å². The second kappa shape index (κ2) is 9.39. The second-order valence-electron chi connectivity index (χ2n) is 7.78. The third-order valence-corrected chi connectivity index (χ3v) is 7.16. The maximum Gasteiger partial charge on any atom is 0.264 e. The Hall–Kier alpha value is -1.11. The first-order valence-corrected chi connectivity index (χ1v) is 10.9. The number of nitrogens with zero attached hydrogens (tertiary/aromatic N) is 3. The first-order valence-electron chi connectivity index (χ1n) is 10.1. The molecule has 0 aromatic carbocycles. The average Bonchev–Trinajstić information content (AvgIpc) is 3.14. The summed E-state index contributed by atoms with van der Waals surface area (Å²) in [5.74, 6) is 0.448. The van der Waals surface area contributed by atoms with Gasteiger partial charge in [-0.25, -0.2) is 0 Å². The van der Waals surface area contributed by atoms with Crippen LogP contribution in [0.25, 0.3) is 0 Å². The minimum absolute atomic E-state index is 0. The Labute approximate surface area is 172 Å². The summed E-state index contributed by atoms with van der Waals surface area (Å²) in [6.45, 7) is 5.41. The first-order chi connectivity index (χ1) is 12.7. The predicted octanol–water partition coefficient (Wildman–Crippen LogP) is 2.82. The van der Waals surface area contributed by atoms with E-state index in [1.165, 1.54) is 29.7 Å². The van der Waals surface area contributed by atoms with E-state index in [1.807, 2.05) is 9.80 Å². The van der Waals surface area contributed by atoms with E-state index in [9.17, 15) is 9.59 Å². The van der Waals surface area contributed by atoms with Crippen LogP contribution in [-0.4, -0.2) is 72.3 Å². The molecule has 0 saturated carbocycles. The lowest BCUT2D eigenvalue weighted by Crippen LogP contribution is -2.51. The molecule has 5 nitrogen and oxygen atoms in total. The Morgan fingerprint density at radius 2 is 1.56 bits per heavy atom. The van der Waals surface area contributed by atoms with Gasteiger partial charge in [0.15, 0.2) is 0 Å². The lowest BCUT2D eigenvalue weighted by Gasteiger charge is -2.35. The highest BCUT2D eigenvalue weighted by atomic mass is 35.5. The van der Waals surface area contributed by atoms with Gasteiger partial charge in [0.05, 0.1) is 11.4 Å². The largest absolute Gasteiger partial charge is 0.342 e. The smallest absolute Gasteiger partial charge is 0.264 e. The number of halogens is 1. The molecule has 7 heteroatoms. The third-order valence-electron chi connectivity index (χ3n) is 5.93. The molecule has 1 aliphatic carbocycles. The number of carbonyl (C=O) groups excluding carboxylic acids is 2. The number of thiophene rings is 1. The average molecular weight is 412 g/mol. The minimum Gasteiger partial charge on any atom is -0.342 e. The number of piperazine rings is 1. The molecule has 3 aliphatic rings. The summed E-state index contributed by atoms with van der Waals surface area (Å²) in [6, 6.07) is 2.12. The zero-order chi connectivity index (χ0) is 17.9. The van der Waals surface area contributed by atoms with E-state index >= 15 is 0 Å². The van der Waals surface area contributed by atoms with Gasteiger partial charge in [0.25, 0.3) is 5.91 Å². The summed E-state index contributed by atoms with van der Waals surface area (Å²) in [4.78, 5) is 33.8. The van der Waals surface area contributed by atoms with Crippen LogP contribution in [0.2, 0.25) is 0 Å². The van der Waals surface area contributed by atoms with Crippen molar-refractivity contribution in [3.63, 3.8) is 0 Å². The van der Waals surface area contributed by atoms with Gasteiger partial charge in [0.2, 0.25) is 5.91 Å². The van der Waals surface area contributed by atoms with Crippen molar-refractivity contribution in [2.24, 2.45) is 0 Å². The molecule has 2 aliphatic heterocycles. The molecule has 0 radical (unpaired) electrons. The van der Waals surface area contributed by atoms with E-state index in [0.717, 1.165) is 69.8 Å². The summed E-state index contributed by atoms with van der Waals surface area (Å²) >= 11 is 1.69. The lowest BCUT2D eigenvalue weighted by molar-refractivity contribution is -0.132. The molecule has 150 valence electrons. The fraction of sp³-hybridized carbons (Fsp3) is 0.700. The zero-order valence-electron chi connectivity index (χ0n) is 16.0. The normalized spacial score (nSPS) is 20.7. The minimum atomic E-state index is 0. The van der Waals surface area contributed by atoms with Crippen LogP contribution in [-0.2, 0) is 17.6 Å². The molecule has 2 fully saturated rings. The predicted molar refractivity (Wildman–Crippen MR) is 111 cm³/mol.